The number of aryl methyl sites for hydroxylation is 1. The summed E-state index contributed by atoms with van der Waals surface area (Å²) < 4.78 is 34.4. The van der Waals surface area contributed by atoms with E-state index in [1.165, 1.54) is 11.3 Å². The molecule has 4 rings (SSSR count). The van der Waals surface area contributed by atoms with Crippen molar-refractivity contribution in [1.82, 2.24) is 25.5 Å². The van der Waals surface area contributed by atoms with Gasteiger partial charge in [0.1, 0.15) is 11.4 Å². The topological polar surface area (TPSA) is 93.4 Å². The zero-order chi connectivity index (χ0) is 23.2. The van der Waals surface area contributed by atoms with Gasteiger partial charge in [-0.2, -0.15) is 0 Å². The van der Waals surface area contributed by atoms with Crippen molar-refractivity contribution >= 4 is 17.2 Å². The molecule has 1 saturated carbocycles. The van der Waals surface area contributed by atoms with Crippen molar-refractivity contribution in [3.63, 3.8) is 0 Å². The molecule has 2 aromatic rings. The maximum Gasteiger partial charge on any atom is 0.273 e. The fraction of sp³-hybridized carbons (Fsp3) is 0.727. The van der Waals surface area contributed by atoms with Crippen LogP contribution >= 0.6 is 11.3 Å². The van der Waals surface area contributed by atoms with Gasteiger partial charge in [-0.25, -0.2) is 18.4 Å². The highest BCUT2D eigenvalue weighted by molar-refractivity contribution is 7.13. The zero-order valence-electron chi connectivity index (χ0n) is 18.9. The number of ether oxygens (including phenoxy) is 1. The minimum absolute atomic E-state index is 0.0225. The number of alkyl halides is 2. The first-order valence-corrected chi connectivity index (χ1v) is 12.5. The number of aromatic nitrogens is 3. The Morgan fingerprint density at radius 3 is 2.76 bits per heavy atom. The Kier molecular flexibility index (Phi) is 8.24. The second-order valence-electron chi connectivity index (χ2n) is 8.94. The lowest BCUT2D eigenvalue weighted by molar-refractivity contribution is -0.121. The van der Waals surface area contributed by atoms with Gasteiger partial charge < -0.3 is 15.0 Å². The molecular weight excluding hydrogens is 452 g/mol. The molecule has 8 nitrogen and oxygen atoms in total. The number of carbonyl (C=O) groups is 1. The average Bonchev–Trinajstić information content (AvgIpc) is 3.33. The SMILES string of the molecule is Cc1nonc1CC(=O)N[C@H]1CC[C@H](CCN2CCc3nc(OCC(F)F)sc3CC2)CC1. The Morgan fingerprint density at radius 1 is 1.24 bits per heavy atom. The van der Waals surface area contributed by atoms with Crippen molar-refractivity contribution in [3.05, 3.63) is 22.0 Å². The van der Waals surface area contributed by atoms with E-state index in [1.807, 2.05) is 0 Å². The standard InChI is InChI=1S/C22H31F2N5O3S/c1-14-18(28-32-27-14)12-21(30)25-16-4-2-15(3-5-16)6-9-29-10-7-17-19(8-11-29)33-22(26-17)31-13-20(23)24/h15-16,20H,2-13H2,1H3,(H,25,30)/t15-,16-. The third-order valence-electron chi connectivity index (χ3n) is 6.55. The molecule has 0 aromatic carbocycles. The van der Waals surface area contributed by atoms with Crippen LogP contribution in [0.3, 0.4) is 0 Å². The second kappa shape index (κ2) is 11.3. The number of carbonyl (C=O) groups excluding carboxylic acids is 1. The molecule has 0 radical (unpaired) electrons. The lowest BCUT2D eigenvalue weighted by Gasteiger charge is -2.30. The Bertz CT molecular complexity index is 888. The largest absolute Gasteiger partial charge is 0.464 e. The number of rotatable bonds is 9. The molecule has 1 aliphatic heterocycles. The van der Waals surface area contributed by atoms with E-state index < -0.39 is 13.0 Å². The molecule has 0 spiro atoms. The lowest BCUT2D eigenvalue weighted by Crippen LogP contribution is -2.39. The van der Waals surface area contributed by atoms with E-state index in [1.54, 1.807) is 6.92 Å². The van der Waals surface area contributed by atoms with Gasteiger partial charge >= 0.3 is 0 Å². The van der Waals surface area contributed by atoms with E-state index in [2.05, 4.69) is 30.1 Å². The van der Waals surface area contributed by atoms with Gasteiger partial charge in [-0.1, -0.05) is 21.7 Å². The molecule has 2 aliphatic rings. The Morgan fingerprint density at radius 2 is 2.03 bits per heavy atom. The molecule has 1 fully saturated rings. The van der Waals surface area contributed by atoms with Gasteiger partial charge in [0.05, 0.1) is 12.1 Å². The van der Waals surface area contributed by atoms with E-state index in [0.717, 1.165) is 75.2 Å². The summed E-state index contributed by atoms with van der Waals surface area (Å²) in [4.78, 5) is 20.3. The van der Waals surface area contributed by atoms with Crippen LogP contribution in [0.1, 0.15) is 54.1 Å². The first-order valence-electron chi connectivity index (χ1n) is 11.7. The number of fused-ring (bicyclic) bond motifs is 1. The molecule has 1 aliphatic carbocycles. The van der Waals surface area contributed by atoms with Crippen LogP contribution in [0.4, 0.5) is 8.78 Å². The summed E-state index contributed by atoms with van der Waals surface area (Å²) in [6, 6.07) is 0.232. The fourth-order valence-electron chi connectivity index (χ4n) is 4.61. The summed E-state index contributed by atoms with van der Waals surface area (Å²) in [5, 5.41) is 11.0. The Labute approximate surface area is 196 Å². The van der Waals surface area contributed by atoms with Crippen molar-refractivity contribution in [1.29, 1.82) is 0 Å². The zero-order valence-corrected chi connectivity index (χ0v) is 19.7. The molecule has 0 saturated heterocycles. The van der Waals surface area contributed by atoms with Crippen molar-refractivity contribution in [2.75, 3.05) is 26.2 Å². The van der Waals surface area contributed by atoms with Crippen LogP contribution in [0.15, 0.2) is 4.63 Å². The van der Waals surface area contributed by atoms with Crippen LogP contribution < -0.4 is 10.1 Å². The molecule has 0 unspecified atom stereocenters. The van der Waals surface area contributed by atoms with E-state index in [0.29, 0.717) is 22.5 Å². The predicted molar refractivity (Wildman–Crippen MR) is 119 cm³/mol. The number of amides is 1. The Balaban J connectivity index is 1.13. The number of hydrogen-bond donors (Lipinski definition) is 1. The fourth-order valence-corrected chi connectivity index (χ4v) is 5.56. The van der Waals surface area contributed by atoms with Crippen LogP contribution in [-0.4, -0.2) is 64.8 Å². The predicted octanol–water partition coefficient (Wildman–Crippen LogP) is 3.19. The monoisotopic (exact) mass is 483 g/mol. The van der Waals surface area contributed by atoms with Crippen LogP contribution in [-0.2, 0) is 24.1 Å². The summed E-state index contributed by atoms with van der Waals surface area (Å²) in [6.07, 6.45) is 4.90. The molecule has 33 heavy (non-hydrogen) atoms. The normalized spacial score (nSPS) is 21.6. The number of nitrogens with one attached hydrogen (secondary N) is 1. The first-order chi connectivity index (χ1) is 16.0. The number of thiazole rings is 1. The number of nitrogens with zero attached hydrogens (tertiary/aromatic N) is 4. The summed E-state index contributed by atoms with van der Waals surface area (Å²) >= 11 is 1.41. The van der Waals surface area contributed by atoms with E-state index in [4.69, 9.17) is 4.74 Å². The molecule has 11 heteroatoms. The van der Waals surface area contributed by atoms with Gasteiger partial charge in [0.15, 0.2) is 6.61 Å². The minimum Gasteiger partial charge on any atom is -0.464 e. The average molecular weight is 484 g/mol. The second-order valence-corrected chi connectivity index (χ2v) is 9.99. The summed E-state index contributed by atoms with van der Waals surface area (Å²) in [5.41, 5.74) is 2.26. The third-order valence-corrected chi connectivity index (χ3v) is 7.62. The summed E-state index contributed by atoms with van der Waals surface area (Å²) in [5.74, 6) is 0.663. The molecule has 1 amide bonds. The van der Waals surface area contributed by atoms with E-state index in [-0.39, 0.29) is 18.4 Å². The molecule has 0 bridgehead atoms. The van der Waals surface area contributed by atoms with Crippen molar-refractivity contribution in [2.45, 2.75) is 70.8 Å². The highest BCUT2D eigenvalue weighted by Crippen LogP contribution is 2.30. The van der Waals surface area contributed by atoms with Crippen molar-refractivity contribution in [2.24, 2.45) is 5.92 Å². The minimum atomic E-state index is -2.48. The lowest BCUT2D eigenvalue weighted by atomic mass is 9.84. The maximum atomic E-state index is 12.3. The van der Waals surface area contributed by atoms with Crippen LogP contribution in [0.2, 0.25) is 0 Å². The van der Waals surface area contributed by atoms with Gasteiger partial charge in [-0.05, 0) is 57.9 Å². The molecule has 3 heterocycles. The first kappa shape index (κ1) is 24.0. The Hall–Kier alpha value is -2.14. The van der Waals surface area contributed by atoms with Crippen LogP contribution in [0.25, 0.3) is 0 Å². The van der Waals surface area contributed by atoms with Gasteiger partial charge in [-0.3, -0.25) is 4.79 Å². The number of halogens is 2. The van der Waals surface area contributed by atoms with Crippen molar-refractivity contribution in [3.8, 4) is 5.19 Å². The third kappa shape index (κ3) is 6.92. The quantitative estimate of drug-likeness (QED) is 0.586. The summed E-state index contributed by atoms with van der Waals surface area (Å²) in [7, 11) is 0. The molecule has 182 valence electrons. The van der Waals surface area contributed by atoms with E-state index >= 15 is 0 Å². The van der Waals surface area contributed by atoms with E-state index in [9.17, 15) is 13.6 Å². The molecular formula is C22H31F2N5O3S. The molecule has 0 atom stereocenters. The number of hydrogen-bond acceptors (Lipinski definition) is 8. The summed E-state index contributed by atoms with van der Waals surface area (Å²) in [6.45, 7) is 4.15. The van der Waals surface area contributed by atoms with Gasteiger partial charge in [0.2, 0.25) is 5.91 Å². The van der Waals surface area contributed by atoms with Crippen LogP contribution in [0.5, 0.6) is 5.19 Å². The van der Waals surface area contributed by atoms with Gasteiger partial charge in [-0.15, -0.1) is 0 Å². The smallest absolute Gasteiger partial charge is 0.273 e. The van der Waals surface area contributed by atoms with Gasteiger partial charge in [0, 0.05) is 30.4 Å². The maximum absolute atomic E-state index is 12.3. The highest BCUT2D eigenvalue weighted by atomic mass is 32.1. The van der Waals surface area contributed by atoms with Crippen LogP contribution in [0, 0.1) is 12.8 Å². The molecule has 1 N–H and O–H groups in total. The molecule has 2 aromatic heterocycles. The highest BCUT2D eigenvalue weighted by Gasteiger charge is 2.25. The van der Waals surface area contributed by atoms with Crippen molar-refractivity contribution < 1.29 is 22.9 Å². The van der Waals surface area contributed by atoms with Gasteiger partial charge in [0.25, 0.3) is 11.6 Å².